The third kappa shape index (κ3) is 4.44. The number of nitrogens with zero attached hydrogens (tertiary/aromatic N) is 1. The number of thiazole rings is 1. The van der Waals surface area contributed by atoms with Crippen molar-refractivity contribution in [3.63, 3.8) is 0 Å². The number of aryl methyl sites for hydroxylation is 2. The molecule has 5 heteroatoms. The Labute approximate surface area is 106 Å². The van der Waals surface area contributed by atoms with Gasteiger partial charge in [0.1, 0.15) is 10.5 Å². The third-order valence-electron chi connectivity index (χ3n) is 2.02. The molecule has 1 rings (SSSR count). The molecule has 1 aromatic heterocycles. The smallest absolute Gasteiger partial charge is 0.350 e. The van der Waals surface area contributed by atoms with Gasteiger partial charge < -0.3 is 10.5 Å². The highest BCUT2D eigenvalue weighted by Gasteiger charge is 2.22. The predicted molar refractivity (Wildman–Crippen MR) is 69.4 cm³/mol. The van der Waals surface area contributed by atoms with Crippen molar-refractivity contribution in [2.45, 2.75) is 46.1 Å². The van der Waals surface area contributed by atoms with Crippen LogP contribution in [0.3, 0.4) is 0 Å². The lowest BCUT2D eigenvalue weighted by atomic mass is 10.2. The minimum absolute atomic E-state index is 0.286. The molecule has 0 bridgehead atoms. The zero-order chi connectivity index (χ0) is 13.1. The van der Waals surface area contributed by atoms with E-state index in [2.05, 4.69) is 4.98 Å². The van der Waals surface area contributed by atoms with Crippen LogP contribution in [0.15, 0.2) is 0 Å². The van der Waals surface area contributed by atoms with E-state index < -0.39 is 5.60 Å². The van der Waals surface area contributed by atoms with Crippen molar-refractivity contribution >= 4 is 17.3 Å². The minimum Gasteiger partial charge on any atom is -0.456 e. The molecule has 0 atom stereocenters. The first-order valence-corrected chi connectivity index (χ1v) is 6.55. The molecule has 0 unspecified atom stereocenters. The van der Waals surface area contributed by atoms with Gasteiger partial charge in [-0.15, -0.1) is 11.3 Å². The average Bonchev–Trinajstić information content (AvgIpc) is 2.54. The van der Waals surface area contributed by atoms with Gasteiger partial charge in [0, 0.05) is 6.42 Å². The van der Waals surface area contributed by atoms with E-state index >= 15 is 0 Å². The molecule has 0 aliphatic rings. The van der Waals surface area contributed by atoms with Crippen molar-refractivity contribution in [2.24, 2.45) is 5.73 Å². The van der Waals surface area contributed by atoms with Crippen LogP contribution in [0.2, 0.25) is 0 Å². The Bertz CT molecular complexity index is 394. The van der Waals surface area contributed by atoms with E-state index in [9.17, 15) is 4.79 Å². The molecule has 96 valence electrons. The predicted octanol–water partition coefficient (Wildman–Crippen LogP) is 2.30. The number of esters is 1. The van der Waals surface area contributed by atoms with Crippen LogP contribution in [0.4, 0.5) is 0 Å². The van der Waals surface area contributed by atoms with E-state index in [0.717, 1.165) is 23.5 Å². The van der Waals surface area contributed by atoms with Crippen LogP contribution in [0, 0.1) is 6.92 Å². The number of ether oxygens (including phenoxy) is 1. The first kappa shape index (κ1) is 14.1. The summed E-state index contributed by atoms with van der Waals surface area (Å²) in [6.07, 6.45) is 1.71. The highest BCUT2D eigenvalue weighted by atomic mass is 32.1. The Morgan fingerprint density at radius 1 is 1.47 bits per heavy atom. The van der Waals surface area contributed by atoms with Gasteiger partial charge in [0.2, 0.25) is 0 Å². The fourth-order valence-corrected chi connectivity index (χ4v) is 2.31. The SMILES string of the molecule is Cc1nc(CCCN)sc1C(=O)OC(C)(C)C. The van der Waals surface area contributed by atoms with Gasteiger partial charge in [-0.25, -0.2) is 9.78 Å². The fraction of sp³-hybridized carbons (Fsp3) is 0.667. The summed E-state index contributed by atoms with van der Waals surface area (Å²) in [6.45, 7) is 8.05. The molecule has 1 aromatic rings. The lowest BCUT2D eigenvalue weighted by molar-refractivity contribution is 0.00742. The molecular formula is C12H20N2O2S. The lowest BCUT2D eigenvalue weighted by Crippen LogP contribution is -2.23. The summed E-state index contributed by atoms with van der Waals surface area (Å²) >= 11 is 1.41. The summed E-state index contributed by atoms with van der Waals surface area (Å²) in [5, 5.41) is 0.953. The number of rotatable bonds is 4. The van der Waals surface area contributed by atoms with Crippen LogP contribution in [0.1, 0.15) is 47.6 Å². The number of nitrogens with two attached hydrogens (primary N) is 1. The second kappa shape index (κ2) is 5.60. The summed E-state index contributed by atoms with van der Waals surface area (Å²) in [5.74, 6) is -0.286. The lowest BCUT2D eigenvalue weighted by Gasteiger charge is -2.18. The zero-order valence-electron chi connectivity index (χ0n) is 10.9. The molecule has 1 heterocycles. The monoisotopic (exact) mass is 256 g/mol. The van der Waals surface area contributed by atoms with Gasteiger partial charge in [-0.1, -0.05) is 0 Å². The number of aromatic nitrogens is 1. The molecule has 2 N–H and O–H groups in total. The molecule has 0 aromatic carbocycles. The fourth-order valence-electron chi connectivity index (χ4n) is 1.33. The van der Waals surface area contributed by atoms with Crippen LogP contribution in [0.5, 0.6) is 0 Å². The Hall–Kier alpha value is -0.940. The normalized spacial score (nSPS) is 11.6. The summed E-state index contributed by atoms with van der Waals surface area (Å²) in [6, 6.07) is 0. The molecule has 17 heavy (non-hydrogen) atoms. The highest BCUT2D eigenvalue weighted by Crippen LogP contribution is 2.22. The van der Waals surface area contributed by atoms with Gasteiger partial charge in [0.25, 0.3) is 0 Å². The van der Waals surface area contributed by atoms with Crippen LogP contribution >= 0.6 is 11.3 Å². The maximum atomic E-state index is 11.9. The summed E-state index contributed by atoms with van der Waals surface area (Å²) in [5.41, 5.74) is 5.73. The Morgan fingerprint density at radius 2 is 2.12 bits per heavy atom. The van der Waals surface area contributed by atoms with Crippen LogP contribution in [-0.4, -0.2) is 23.1 Å². The van der Waals surface area contributed by atoms with Crippen molar-refractivity contribution in [1.29, 1.82) is 0 Å². The van der Waals surface area contributed by atoms with Gasteiger partial charge >= 0.3 is 5.97 Å². The molecule has 0 radical (unpaired) electrons. The molecule has 0 fully saturated rings. The zero-order valence-corrected chi connectivity index (χ0v) is 11.7. The van der Waals surface area contributed by atoms with Gasteiger partial charge in [-0.2, -0.15) is 0 Å². The second-order valence-corrected chi connectivity index (χ2v) is 6.00. The summed E-state index contributed by atoms with van der Waals surface area (Å²) < 4.78 is 5.33. The third-order valence-corrected chi connectivity index (χ3v) is 3.22. The Kier molecular flexibility index (Phi) is 4.65. The van der Waals surface area contributed by atoms with Crippen molar-refractivity contribution in [3.8, 4) is 0 Å². The van der Waals surface area contributed by atoms with Gasteiger partial charge in [-0.3, -0.25) is 0 Å². The second-order valence-electron chi connectivity index (χ2n) is 4.92. The molecule has 0 saturated heterocycles. The molecule has 4 nitrogen and oxygen atoms in total. The van der Waals surface area contributed by atoms with Crippen molar-refractivity contribution in [1.82, 2.24) is 4.98 Å². The molecule has 0 spiro atoms. The highest BCUT2D eigenvalue weighted by molar-refractivity contribution is 7.13. The van der Waals surface area contributed by atoms with Crippen LogP contribution in [0.25, 0.3) is 0 Å². The quantitative estimate of drug-likeness (QED) is 0.839. The van der Waals surface area contributed by atoms with Gasteiger partial charge in [0.15, 0.2) is 0 Å². The van der Waals surface area contributed by atoms with Gasteiger partial charge in [-0.05, 0) is 40.7 Å². The Morgan fingerprint density at radius 3 is 2.65 bits per heavy atom. The number of hydrogen-bond acceptors (Lipinski definition) is 5. The molecule has 0 aliphatic heterocycles. The molecule has 0 saturated carbocycles. The number of carbonyl (C=O) groups is 1. The topological polar surface area (TPSA) is 65.2 Å². The summed E-state index contributed by atoms with van der Waals surface area (Å²) in [4.78, 5) is 16.9. The standard InChI is InChI=1S/C12H20N2O2S/c1-8-10(11(15)16-12(2,3)4)17-9(14-8)6-5-7-13/h5-7,13H2,1-4H3. The van der Waals surface area contributed by atoms with E-state index in [1.807, 2.05) is 27.7 Å². The first-order chi connectivity index (χ1) is 7.83. The van der Waals surface area contributed by atoms with E-state index in [1.165, 1.54) is 11.3 Å². The van der Waals surface area contributed by atoms with Crippen molar-refractivity contribution < 1.29 is 9.53 Å². The van der Waals surface area contributed by atoms with E-state index in [-0.39, 0.29) is 5.97 Å². The minimum atomic E-state index is -0.467. The summed E-state index contributed by atoms with van der Waals surface area (Å²) in [7, 11) is 0. The van der Waals surface area contributed by atoms with Crippen LogP contribution in [-0.2, 0) is 11.2 Å². The molecular weight excluding hydrogens is 236 g/mol. The van der Waals surface area contributed by atoms with Crippen molar-refractivity contribution in [3.05, 3.63) is 15.6 Å². The first-order valence-electron chi connectivity index (χ1n) is 5.73. The number of hydrogen-bond donors (Lipinski definition) is 1. The largest absolute Gasteiger partial charge is 0.456 e. The Balaban J connectivity index is 2.77. The number of carbonyl (C=O) groups excluding carboxylic acids is 1. The van der Waals surface area contributed by atoms with Crippen LogP contribution < -0.4 is 5.73 Å². The average molecular weight is 256 g/mol. The van der Waals surface area contributed by atoms with Crippen molar-refractivity contribution in [2.75, 3.05) is 6.54 Å². The van der Waals surface area contributed by atoms with E-state index in [0.29, 0.717) is 11.4 Å². The molecule has 0 amide bonds. The van der Waals surface area contributed by atoms with E-state index in [1.54, 1.807) is 0 Å². The molecule has 0 aliphatic carbocycles. The maximum absolute atomic E-state index is 11.9. The van der Waals surface area contributed by atoms with E-state index in [4.69, 9.17) is 10.5 Å². The van der Waals surface area contributed by atoms with Gasteiger partial charge in [0.05, 0.1) is 10.7 Å². The maximum Gasteiger partial charge on any atom is 0.350 e.